The summed E-state index contributed by atoms with van der Waals surface area (Å²) < 4.78 is 2.00. The summed E-state index contributed by atoms with van der Waals surface area (Å²) in [6, 6.07) is 8.10. The Kier molecular flexibility index (Phi) is 6.40. The van der Waals surface area contributed by atoms with Crippen LogP contribution in [0.25, 0.3) is 5.69 Å². The Balaban J connectivity index is 1.58. The number of aryl methyl sites for hydroxylation is 2. The number of thioether (sulfide) groups is 1. The van der Waals surface area contributed by atoms with Gasteiger partial charge in [0.05, 0.1) is 11.4 Å². The Morgan fingerprint density at radius 1 is 1.31 bits per heavy atom. The molecule has 1 N–H and O–H groups in total. The minimum atomic E-state index is -0.104. The molecule has 0 radical (unpaired) electrons. The van der Waals surface area contributed by atoms with Gasteiger partial charge >= 0.3 is 0 Å². The monoisotopic (exact) mass is 387 g/mol. The first-order valence-electron chi connectivity index (χ1n) is 8.51. The second-order valence-corrected chi connectivity index (χ2v) is 7.81. The van der Waals surface area contributed by atoms with Gasteiger partial charge in [-0.25, -0.2) is 4.98 Å². The summed E-state index contributed by atoms with van der Waals surface area (Å²) in [7, 11) is 0. The first kappa shape index (κ1) is 18.6. The van der Waals surface area contributed by atoms with E-state index >= 15 is 0 Å². The van der Waals surface area contributed by atoms with Gasteiger partial charge in [-0.2, -0.15) is 0 Å². The SMILES string of the molecule is CCCCc1nnc(NC(=O)CSc2nccn2-c2ccccc2C)s1. The number of nitrogens with zero attached hydrogens (tertiary/aromatic N) is 4. The first-order chi connectivity index (χ1) is 12.7. The van der Waals surface area contributed by atoms with E-state index in [1.54, 1.807) is 6.20 Å². The average Bonchev–Trinajstić information content (AvgIpc) is 3.28. The van der Waals surface area contributed by atoms with E-state index in [0.717, 1.165) is 40.7 Å². The van der Waals surface area contributed by atoms with Gasteiger partial charge in [0.1, 0.15) is 5.01 Å². The van der Waals surface area contributed by atoms with Gasteiger partial charge in [0, 0.05) is 18.8 Å². The second kappa shape index (κ2) is 8.95. The number of imidazole rings is 1. The molecule has 2 heterocycles. The summed E-state index contributed by atoms with van der Waals surface area (Å²) in [6.07, 6.45) is 6.77. The number of unbranched alkanes of at least 4 members (excludes halogenated alkanes) is 1. The molecule has 3 aromatic rings. The minimum absolute atomic E-state index is 0.104. The first-order valence-corrected chi connectivity index (χ1v) is 10.3. The fourth-order valence-corrected chi connectivity index (χ4v) is 4.00. The van der Waals surface area contributed by atoms with Crippen molar-refractivity contribution in [3.05, 3.63) is 47.2 Å². The lowest BCUT2D eigenvalue weighted by atomic mass is 10.2. The van der Waals surface area contributed by atoms with Crippen LogP contribution in [0.5, 0.6) is 0 Å². The van der Waals surface area contributed by atoms with Crippen LogP contribution in [0.4, 0.5) is 5.13 Å². The van der Waals surface area contributed by atoms with Gasteiger partial charge < -0.3 is 0 Å². The van der Waals surface area contributed by atoms with Crippen LogP contribution in [0.3, 0.4) is 0 Å². The van der Waals surface area contributed by atoms with Gasteiger partial charge in [-0.1, -0.05) is 54.6 Å². The third-order valence-corrected chi connectivity index (χ3v) is 5.64. The van der Waals surface area contributed by atoms with Gasteiger partial charge in [-0.3, -0.25) is 14.7 Å². The van der Waals surface area contributed by atoms with Crippen LogP contribution >= 0.6 is 23.1 Å². The Bertz CT molecular complexity index is 874. The van der Waals surface area contributed by atoms with Crippen LogP contribution in [-0.4, -0.2) is 31.4 Å². The van der Waals surface area contributed by atoms with Gasteiger partial charge in [-0.15, -0.1) is 10.2 Å². The van der Waals surface area contributed by atoms with E-state index < -0.39 is 0 Å². The maximum Gasteiger partial charge on any atom is 0.236 e. The molecular formula is C18H21N5OS2. The van der Waals surface area contributed by atoms with E-state index in [9.17, 15) is 4.79 Å². The number of carbonyl (C=O) groups excluding carboxylic acids is 1. The van der Waals surface area contributed by atoms with Crippen LogP contribution in [0.2, 0.25) is 0 Å². The molecule has 2 aromatic heterocycles. The highest BCUT2D eigenvalue weighted by molar-refractivity contribution is 7.99. The highest BCUT2D eigenvalue weighted by Crippen LogP contribution is 2.23. The van der Waals surface area contributed by atoms with Gasteiger partial charge in [0.2, 0.25) is 11.0 Å². The summed E-state index contributed by atoms with van der Waals surface area (Å²) >= 11 is 2.84. The van der Waals surface area contributed by atoms with Crippen molar-refractivity contribution in [1.82, 2.24) is 19.7 Å². The minimum Gasteiger partial charge on any atom is -0.300 e. The van der Waals surface area contributed by atoms with Crippen molar-refractivity contribution in [3.63, 3.8) is 0 Å². The highest BCUT2D eigenvalue weighted by atomic mass is 32.2. The molecule has 0 unspecified atom stereocenters. The molecule has 6 nitrogen and oxygen atoms in total. The zero-order valence-corrected chi connectivity index (χ0v) is 16.4. The van der Waals surface area contributed by atoms with Gasteiger partial charge in [0.25, 0.3) is 0 Å². The third kappa shape index (κ3) is 4.70. The van der Waals surface area contributed by atoms with Crippen molar-refractivity contribution in [2.45, 2.75) is 38.3 Å². The van der Waals surface area contributed by atoms with Crippen LogP contribution in [0.15, 0.2) is 41.8 Å². The largest absolute Gasteiger partial charge is 0.300 e. The zero-order chi connectivity index (χ0) is 18.4. The Morgan fingerprint density at radius 2 is 2.15 bits per heavy atom. The lowest BCUT2D eigenvalue weighted by molar-refractivity contribution is -0.113. The second-order valence-electron chi connectivity index (χ2n) is 5.81. The number of benzene rings is 1. The molecule has 0 aliphatic rings. The van der Waals surface area contributed by atoms with E-state index in [-0.39, 0.29) is 11.7 Å². The molecule has 0 bridgehead atoms. The third-order valence-electron chi connectivity index (χ3n) is 3.77. The number of hydrogen-bond acceptors (Lipinski definition) is 6. The molecule has 1 aromatic carbocycles. The lowest BCUT2D eigenvalue weighted by Crippen LogP contribution is -2.14. The summed E-state index contributed by atoms with van der Waals surface area (Å²) in [5, 5.41) is 13.3. The predicted molar refractivity (Wildman–Crippen MR) is 106 cm³/mol. The number of rotatable bonds is 8. The molecule has 0 aliphatic heterocycles. The van der Waals surface area contributed by atoms with Crippen molar-refractivity contribution in [1.29, 1.82) is 0 Å². The Morgan fingerprint density at radius 3 is 2.96 bits per heavy atom. The maximum absolute atomic E-state index is 12.2. The molecule has 0 saturated carbocycles. The van der Waals surface area contributed by atoms with Crippen LogP contribution < -0.4 is 5.32 Å². The molecule has 26 heavy (non-hydrogen) atoms. The molecule has 136 valence electrons. The predicted octanol–water partition coefficient (Wildman–Crippen LogP) is 4.11. The number of anilines is 1. The molecule has 0 fully saturated rings. The molecule has 0 saturated heterocycles. The summed E-state index contributed by atoms with van der Waals surface area (Å²) in [5.74, 6) is 0.166. The van der Waals surface area contributed by atoms with E-state index in [1.165, 1.54) is 23.1 Å². The molecule has 8 heteroatoms. The van der Waals surface area contributed by atoms with Crippen molar-refractivity contribution >= 4 is 34.1 Å². The topological polar surface area (TPSA) is 72.7 Å². The van der Waals surface area contributed by atoms with Crippen molar-refractivity contribution in [2.24, 2.45) is 0 Å². The summed E-state index contributed by atoms with van der Waals surface area (Å²) in [4.78, 5) is 16.6. The fraction of sp³-hybridized carbons (Fsp3) is 0.333. The summed E-state index contributed by atoms with van der Waals surface area (Å²) in [6.45, 7) is 4.20. The normalized spacial score (nSPS) is 10.8. The number of amides is 1. The van der Waals surface area contributed by atoms with E-state index in [2.05, 4.69) is 40.4 Å². The quantitative estimate of drug-likeness (QED) is 0.589. The number of para-hydroxylation sites is 1. The van der Waals surface area contributed by atoms with Crippen LogP contribution in [0.1, 0.15) is 30.3 Å². The van der Waals surface area contributed by atoms with Crippen molar-refractivity contribution < 1.29 is 4.79 Å². The molecule has 0 aliphatic carbocycles. The van der Waals surface area contributed by atoms with Gasteiger partial charge in [0.15, 0.2) is 5.16 Å². The van der Waals surface area contributed by atoms with Crippen LogP contribution in [0, 0.1) is 6.92 Å². The highest BCUT2D eigenvalue weighted by Gasteiger charge is 2.12. The van der Waals surface area contributed by atoms with E-state index in [4.69, 9.17) is 0 Å². The smallest absolute Gasteiger partial charge is 0.236 e. The number of carbonyl (C=O) groups is 1. The number of nitrogens with one attached hydrogen (secondary N) is 1. The van der Waals surface area contributed by atoms with E-state index in [0.29, 0.717) is 5.13 Å². The molecule has 3 rings (SSSR count). The number of hydrogen-bond donors (Lipinski definition) is 1. The molecule has 1 amide bonds. The lowest BCUT2D eigenvalue weighted by Gasteiger charge is -2.09. The average molecular weight is 388 g/mol. The van der Waals surface area contributed by atoms with Gasteiger partial charge in [-0.05, 0) is 25.0 Å². The Hall–Kier alpha value is -2.19. The molecular weight excluding hydrogens is 366 g/mol. The van der Waals surface area contributed by atoms with E-state index in [1.807, 2.05) is 29.0 Å². The molecule has 0 spiro atoms. The molecule has 0 atom stereocenters. The summed E-state index contributed by atoms with van der Waals surface area (Å²) in [5.41, 5.74) is 2.22. The maximum atomic E-state index is 12.2. The number of aromatic nitrogens is 4. The zero-order valence-electron chi connectivity index (χ0n) is 14.8. The Labute approximate surface area is 161 Å². The fourth-order valence-electron chi connectivity index (χ4n) is 2.43. The standard InChI is InChI=1S/C18H21N5OS2/c1-3-4-9-16-21-22-17(26-16)20-15(24)12-25-18-19-10-11-23(18)14-8-6-5-7-13(14)2/h5-8,10-11H,3-4,9,12H2,1-2H3,(H,20,22,24). The van der Waals surface area contributed by atoms with Crippen molar-refractivity contribution in [2.75, 3.05) is 11.1 Å². The van der Waals surface area contributed by atoms with Crippen LogP contribution in [-0.2, 0) is 11.2 Å². The van der Waals surface area contributed by atoms with Crippen molar-refractivity contribution in [3.8, 4) is 5.69 Å².